The zero-order chi connectivity index (χ0) is 14.5. The van der Waals surface area contributed by atoms with Crippen molar-refractivity contribution < 1.29 is 4.79 Å². The number of aromatic nitrogens is 2. The van der Waals surface area contributed by atoms with E-state index >= 15 is 0 Å². The molecule has 0 aliphatic heterocycles. The smallest absolute Gasteiger partial charge is 0.253 e. The second-order valence-electron chi connectivity index (χ2n) is 5.56. The number of rotatable bonds is 4. The Balaban J connectivity index is 1.91. The molecular weight excluding hydrogens is 252 g/mol. The van der Waals surface area contributed by atoms with Crippen LogP contribution in [0.15, 0.2) is 6.07 Å². The highest BCUT2D eigenvalue weighted by Gasteiger charge is 2.22. The third kappa shape index (κ3) is 3.76. The molecule has 1 saturated carbocycles. The Morgan fingerprint density at radius 2 is 1.85 bits per heavy atom. The van der Waals surface area contributed by atoms with E-state index in [9.17, 15) is 4.79 Å². The Bertz CT molecular complexity index is 467. The third-order valence-corrected chi connectivity index (χ3v) is 3.90. The van der Waals surface area contributed by atoms with Crippen LogP contribution in [0, 0.1) is 13.8 Å². The largest absolute Gasteiger partial charge is 0.349 e. The Morgan fingerprint density at radius 1 is 1.20 bits per heavy atom. The number of carbonyl (C=O) groups excluding carboxylic acids is 1. The van der Waals surface area contributed by atoms with E-state index < -0.39 is 0 Å². The predicted molar refractivity (Wildman–Crippen MR) is 78.7 cm³/mol. The fourth-order valence-electron chi connectivity index (χ4n) is 2.77. The molecule has 0 atom stereocenters. The SMILES string of the molecule is CCNC1CCC(NC(=O)c2cc(C)nnc2C)CC1. The normalized spacial score (nSPS) is 22.6. The summed E-state index contributed by atoms with van der Waals surface area (Å²) >= 11 is 0. The zero-order valence-electron chi connectivity index (χ0n) is 12.6. The molecule has 0 unspecified atom stereocenters. The number of hydrogen-bond donors (Lipinski definition) is 2. The van der Waals surface area contributed by atoms with Gasteiger partial charge in [-0.2, -0.15) is 10.2 Å². The molecule has 1 aromatic heterocycles. The third-order valence-electron chi connectivity index (χ3n) is 3.90. The van der Waals surface area contributed by atoms with Gasteiger partial charge >= 0.3 is 0 Å². The number of amides is 1. The van der Waals surface area contributed by atoms with Gasteiger partial charge in [0.05, 0.1) is 17.0 Å². The van der Waals surface area contributed by atoms with Crippen LogP contribution in [0.3, 0.4) is 0 Å². The lowest BCUT2D eigenvalue weighted by Crippen LogP contribution is -2.42. The first-order chi connectivity index (χ1) is 9.60. The molecule has 1 heterocycles. The van der Waals surface area contributed by atoms with Crippen LogP contribution in [-0.2, 0) is 0 Å². The summed E-state index contributed by atoms with van der Waals surface area (Å²) in [6.45, 7) is 6.83. The van der Waals surface area contributed by atoms with Crippen molar-refractivity contribution in [1.29, 1.82) is 0 Å². The van der Waals surface area contributed by atoms with Gasteiger partial charge < -0.3 is 10.6 Å². The molecule has 2 N–H and O–H groups in total. The van der Waals surface area contributed by atoms with E-state index in [1.165, 1.54) is 0 Å². The molecular formula is C15H24N4O. The van der Waals surface area contributed by atoms with Crippen molar-refractivity contribution >= 4 is 5.91 Å². The maximum atomic E-state index is 12.3. The molecule has 110 valence electrons. The van der Waals surface area contributed by atoms with E-state index in [0.717, 1.165) is 37.9 Å². The van der Waals surface area contributed by atoms with Gasteiger partial charge in [0.25, 0.3) is 5.91 Å². The van der Waals surface area contributed by atoms with Gasteiger partial charge in [0.15, 0.2) is 0 Å². The molecule has 1 fully saturated rings. The maximum Gasteiger partial charge on any atom is 0.253 e. The molecule has 0 radical (unpaired) electrons. The average Bonchev–Trinajstić information content (AvgIpc) is 2.44. The van der Waals surface area contributed by atoms with Gasteiger partial charge in [-0.3, -0.25) is 4.79 Å². The predicted octanol–water partition coefficient (Wildman–Crippen LogP) is 1.74. The van der Waals surface area contributed by atoms with Gasteiger partial charge in [-0.25, -0.2) is 0 Å². The van der Waals surface area contributed by atoms with E-state index in [2.05, 4.69) is 27.8 Å². The van der Waals surface area contributed by atoms with E-state index in [4.69, 9.17) is 0 Å². The van der Waals surface area contributed by atoms with Crippen LogP contribution in [0.2, 0.25) is 0 Å². The first-order valence-corrected chi connectivity index (χ1v) is 7.45. The summed E-state index contributed by atoms with van der Waals surface area (Å²) in [4.78, 5) is 12.3. The van der Waals surface area contributed by atoms with Crippen LogP contribution < -0.4 is 10.6 Å². The molecule has 1 aromatic rings. The van der Waals surface area contributed by atoms with Crippen molar-refractivity contribution in [3.63, 3.8) is 0 Å². The summed E-state index contributed by atoms with van der Waals surface area (Å²) in [7, 11) is 0. The highest BCUT2D eigenvalue weighted by atomic mass is 16.1. The second kappa shape index (κ2) is 6.79. The summed E-state index contributed by atoms with van der Waals surface area (Å²) in [6, 6.07) is 2.70. The fourth-order valence-corrected chi connectivity index (χ4v) is 2.77. The second-order valence-corrected chi connectivity index (χ2v) is 5.56. The highest BCUT2D eigenvalue weighted by molar-refractivity contribution is 5.95. The van der Waals surface area contributed by atoms with E-state index in [0.29, 0.717) is 17.3 Å². The molecule has 5 heteroatoms. The summed E-state index contributed by atoms with van der Waals surface area (Å²) in [5, 5.41) is 14.6. The minimum atomic E-state index is -0.0209. The van der Waals surface area contributed by atoms with Crippen LogP contribution in [-0.4, -0.2) is 34.7 Å². The van der Waals surface area contributed by atoms with Gasteiger partial charge in [-0.05, 0) is 52.1 Å². The van der Waals surface area contributed by atoms with Gasteiger partial charge in [-0.1, -0.05) is 6.92 Å². The molecule has 0 aromatic carbocycles. The van der Waals surface area contributed by atoms with Crippen molar-refractivity contribution in [2.24, 2.45) is 0 Å². The van der Waals surface area contributed by atoms with E-state index in [-0.39, 0.29) is 11.9 Å². The van der Waals surface area contributed by atoms with E-state index in [1.54, 1.807) is 0 Å². The number of hydrogen-bond acceptors (Lipinski definition) is 4. The molecule has 0 spiro atoms. The summed E-state index contributed by atoms with van der Waals surface area (Å²) in [5.74, 6) is -0.0209. The highest BCUT2D eigenvalue weighted by Crippen LogP contribution is 2.19. The number of carbonyl (C=O) groups is 1. The lowest BCUT2D eigenvalue weighted by molar-refractivity contribution is 0.0923. The van der Waals surface area contributed by atoms with Crippen molar-refractivity contribution in [1.82, 2.24) is 20.8 Å². The number of nitrogens with one attached hydrogen (secondary N) is 2. The van der Waals surface area contributed by atoms with Crippen LogP contribution in [0.5, 0.6) is 0 Å². The number of nitrogens with zero attached hydrogens (tertiary/aromatic N) is 2. The van der Waals surface area contributed by atoms with Gasteiger partial charge in [0.1, 0.15) is 0 Å². The molecule has 5 nitrogen and oxygen atoms in total. The van der Waals surface area contributed by atoms with Crippen molar-refractivity contribution in [3.05, 3.63) is 23.0 Å². The van der Waals surface area contributed by atoms with Crippen LogP contribution >= 0.6 is 0 Å². The van der Waals surface area contributed by atoms with Crippen LogP contribution in [0.4, 0.5) is 0 Å². The van der Waals surface area contributed by atoms with Gasteiger partial charge in [0, 0.05) is 12.1 Å². The summed E-state index contributed by atoms with van der Waals surface area (Å²) in [5.41, 5.74) is 2.11. The van der Waals surface area contributed by atoms with Gasteiger partial charge in [0.2, 0.25) is 0 Å². The molecule has 1 aliphatic carbocycles. The monoisotopic (exact) mass is 276 g/mol. The summed E-state index contributed by atoms with van der Waals surface area (Å²) in [6.07, 6.45) is 4.34. The standard InChI is InChI=1S/C15H24N4O/c1-4-16-12-5-7-13(8-6-12)17-15(20)14-9-10(2)18-19-11(14)3/h9,12-13,16H,4-8H2,1-3H3,(H,17,20). The maximum absolute atomic E-state index is 12.3. The molecule has 0 bridgehead atoms. The van der Waals surface area contributed by atoms with Crippen molar-refractivity contribution in [2.75, 3.05) is 6.54 Å². The van der Waals surface area contributed by atoms with Crippen molar-refractivity contribution in [2.45, 2.75) is 58.5 Å². The van der Waals surface area contributed by atoms with Gasteiger partial charge in [-0.15, -0.1) is 0 Å². The Labute approximate surface area is 120 Å². The zero-order valence-corrected chi connectivity index (χ0v) is 12.6. The Morgan fingerprint density at radius 3 is 2.50 bits per heavy atom. The molecule has 1 amide bonds. The molecule has 20 heavy (non-hydrogen) atoms. The topological polar surface area (TPSA) is 66.9 Å². The van der Waals surface area contributed by atoms with E-state index in [1.807, 2.05) is 19.9 Å². The Hall–Kier alpha value is -1.49. The van der Waals surface area contributed by atoms with Crippen LogP contribution in [0.1, 0.15) is 54.4 Å². The summed E-state index contributed by atoms with van der Waals surface area (Å²) < 4.78 is 0. The number of aryl methyl sites for hydroxylation is 2. The fraction of sp³-hybridized carbons (Fsp3) is 0.667. The lowest BCUT2D eigenvalue weighted by Gasteiger charge is -2.29. The average molecular weight is 276 g/mol. The first kappa shape index (κ1) is 14.9. The Kier molecular flexibility index (Phi) is 5.06. The molecule has 2 rings (SSSR count). The van der Waals surface area contributed by atoms with Crippen LogP contribution in [0.25, 0.3) is 0 Å². The first-order valence-electron chi connectivity index (χ1n) is 7.45. The minimum absolute atomic E-state index is 0.0209. The molecule has 0 saturated heterocycles. The molecule has 1 aliphatic rings. The van der Waals surface area contributed by atoms with Crippen molar-refractivity contribution in [3.8, 4) is 0 Å². The lowest BCUT2D eigenvalue weighted by atomic mass is 9.91. The quantitative estimate of drug-likeness (QED) is 0.879. The minimum Gasteiger partial charge on any atom is -0.349 e.